The van der Waals surface area contributed by atoms with Crippen molar-refractivity contribution in [1.82, 2.24) is 9.97 Å². The third-order valence-corrected chi connectivity index (χ3v) is 1.60. The van der Waals surface area contributed by atoms with Gasteiger partial charge in [-0.25, -0.2) is 14.8 Å². The number of carbonyl (C=O) groups excluding carboxylic acids is 1. The van der Waals surface area contributed by atoms with Gasteiger partial charge < -0.3 is 4.74 Å². The van der Waals surface area contributed by atoms with Crippen molar-refractivity contribution in [2.24, 2.45) is 0 Å². The second-order valence-electron chi connectivity index (χ2n) is 2.63. The predicted molar refractivity (Wildman–Crippen MR) is 47.4 cm³/mol. The molecule has 1 aromatic heterocycles. The zero-order valence-corrected chi connectivity index (χ0v) is 7.78. The van der Waals surface area contributed by atoms with Crippen molar-refractivity contribution in [1.29, 1.82) is 0 Å². The maximum Gasteiger partial charge on any atom is 0.341 e. The lowest BCUT2D eigenvalue weighted by Gasteiger charge is -1.99. The maximum absolute atomic E-state index is 11.0. The third kappa shape index (κ3) is 2.50. The summed E-state index contributed by atoms with van der Waals surface area (Å²) in [5.74, 6) is 0.359. The van der Waals surface area contributed by atoms with Gasteiger partial charge in [0.15, 0.2) is 0 Å². The number of hydrogen-bond donors (Lipinski definition) is 0. The van der Waals surface area contributed by atoms with Crippen molar-refractivity contribution in [3.8, 4) is 0 Å². The third-order valence-electron chi connectivity index (χ3n) is 1.60. The molecule has 4 nitrogen and oxygen atoms in total. The highest BCUT2D eigenvalue weighted by Gasteiger charge is 2.05. The molecule has 0 bridgehead atoms. The van der Waals surface area contributed by atoms with Crippen LogP contribution in [0, 0.1) is 0 Å². The molecule has 0 aliphatic rings. The van der Waals surface area contributed by atoms with Gasteiger partial charge in [-0.3, -0.25) is 0 Å². The summed E-state index contributed by atoms with van der Waals surface area (Å²) in [6.45, 7) is 2.05. The topological polar surface area (TPSA) is 52.1 Å². The van der Waals surface area contributed by atoms with Crippen LogP contribution in [0.25, 0.3) is 0 Å². The van der Waals surface area contributed by atoms with Gasteiger partial charge in [-0.05, 0) is 6.42 Å². The van der Waals surface area contributed by atoms with E-state index < -0.39 is 5.97 Å². The van der Waals surface area contributed by atoms with E-state index in [2.05, 4.69) is 21.6 Å². The van der Waals surface area contributed by atoms with Gasteiger partial charge in [-0.2, -0.15) is 0 Å². The first-order valence-electron chi connectivity index (χ1n) is 4.17. The Morgan fingerprint density at radius 1 is 1.46 bits per heavy atom. The summed E-state index contributed by atoms with van der Waals surface area (Å²) in [6.07, 6.45) is 4.81. The Kier molecular flexibility index (Phi) is 3.37. The van der Waals surface area contributed by atoms with E-state index in [0.29, 0.717) is 5.56 Å². The van der Waals surface area contributed by atoms with Crippen LogP contribution in [-0.4, -0.2) is 23.0 Å². The fourth-order valence-electron chi connectivity index (χ4n) is 0.931. The van der Waals surface area contributed by atoms with Crippen molar-refractivity contribution in [3.63, 3.8) is 0 Å². The zero-order chi connectivity index (χ0) is 9.68. The number of rotatable bonds is 3. The molecule has 0 amide bonds. The quantitative estimate of drug-likeness (QED) is 0.656. The van der Waals surface area contributed by atoms with Gasteiger partial charge in [-0.1, -0.05) is 6.92 Å². The molecule has 0 saturated heterocycles. The van der Waals surface area contributed by atoms with Crippen LogP contribution in [0.4, 0.5) is 0 Å². The Hall–Kier alpha value is -1.45. The minimum atomic E-state index is -0.400. The van der Waals surface area contributed by atoms with E-state index in [0.717, 1.165) is 18.7 Å². The van der Waals surface area contributed by atoms with Gasteiger partial charge in [0, 0.05) is 18.8 Å². The van der Waals surface area contributed by atoms with Crippen LogP contribution >= 0.6 is 0 Å². The van der Waals surface area contributed by atoms with Crippen LogP contribution in [-0.2, 0) is 11.2 Å². The summed E-state index contributed by atoms with van der Waals surface area (Å²) in [5.41, 5.74) is 0.391. The molecule has 70 valence electrons. The van der Waals surface area contributed by atoms with Gasteiger partial charge in [0.2, 0.25) is 0 Å². The number of nitrogens with zero attached hydrogens (tertiary/aromatic N) is 2. The summed E-state index contributed by atoms with van der Waals surface area (Å²) in [5, 5.41) is 0. The molecular weight excluding hydrogens is 168 g/mol. The molecule has 0 N–H and O–H groups in total. The normalized spacial score (nSPS) is 9.69. The second-order valence-corrected chi connectivity index (χ2v) is 2.63. The zero-order valence-electron chi connectivity index (χ0n) is 7.78. The molecule has 1 heterocycles. The van der Waals surface area contributed by atoms with Crippen molar-refractivity contribution >= 4 is 5.97 Å². The first-order chi connectivity index (χ1) is 6.27. The maximum atomic E-state index is 11.0. The van der Waals surface area contributed by atoms with Crippen molar-refractivity contribution in [2.45, 2.75) is 19.8 Å². The van der Waals surface area contributed by atoms with E-state index >= 15 is 0 Å². The molecule has 0 atom stereocenters. The van der Waals surface area contributed by atoms with Gasteiger partial charge >= 0.3 is 5.97 Å². The summed E-state index contributed by atoms with van der Waals surface area (Å²) >= 11 is 0. The molecule has 0 radical (unpaired) electrons. The number of aryl methyl sites for hydroxylation is 1. The van der Waals surface area contributed by atoms with Crippen molar-refractivity contribution < 1.29 is 9.53 Å². The Morgan fingerprint density at radius 2 is 2.08 bits per heavy atom. The highest BCUT2D eigenvalue weighted by atomic mass is 16.5. The van der Waals surface area contributed by atoms with Gasteiger partial charge in [-0.15, -0.1) is 0 Å². The van der Waals surface area contributed by atoms with Crippen molar-refractivity contribution in [3.05, 3.63) is 23.8 Å². The lowest BCUT2D eigenvalue weighted by molar-refractivity contribution is 0.0599. The van der Waals surface area contributed by atoms with E-state index in [4.69, 9.17) is 0 Å². The largest absolute Gasteiger partial charge is 0.465 e. The monoisotopic (exact) mass is 180 g/mol. The first kappa shape index (κ1) is 9.64. The van der Waals surface area contributed by atoms with Gasteiger partial charge in [0.05, 0.1) is 12.7 Å². The smallest absolute Gasteiger partial charge is 0.341 e. The minimum absolute atomic E-state index is 0.391. The number of hydrogen-bond acceptors (Lipinski definition) is 4. The molecule has 13 heavy (non-hydrogen) atoms. The Morgan fingerprint density at radius 3 is 2.54 bits per heavy atom. The Balaban J connectivity index is 2.75. The molecule has 1 rings (SSSR count). The summed E-state index contributed by atoms with van der Waals surface area (Å²) in [6, 6.07) is 0. The molecular formula is C9H12N2O2. The molecule has 0 spiro atoms. The van der Waals surface area contributed by atoms with Crippen LogP contribution in [0.3, 0.4) is 0 Å². The number of carbonyl (C=O) groups is 1. The van der Waals surface area contributed by atoms with Crippen molar-refractivity contribution in [2.75, 3.05) is 7.11 Å². The molecule has 0 saturated carbocycles. The number of esters is 1. The minimum Gasteiger partial charge on any atom is -0.465 e. The van der Waals surface area contributed by atoms with Crippen LogP contribution < -0.4 is 0 Å². The highest BCUT2D eigenvalue weighted by Crippen LogP contribution is 1.99. The van der Waals surface area contributed by atoms with Crippen LogP contribution in [0.1, 0.15) is 29.5 Å². The molecule has 0 fully saturated rings. The van der Waals surface area contributed by atoms with E-state index in [-0.39, 0.29) is 0 Å². The van der Waals surface area contributed by atoms with E-state index in [9.17, 15) is 4.79 Å². The standard InChI is InChI=1S/C9H12N2O2/c1-3-4-8-10-5-7(6-11-8)9(12)13-2/h5-6H,3-4H2,1-2H3. The van der Waals surface area contributed by atoms with Gasteiger partial charge in [0.1, 0.15) is 5.82 Å². The molecule has 1 aromatic rings. The summed E-state index contributed by atoms with van der Waals surface area (Å²) in [7, 11) is 1.34. The predicted octanol–water partition coefficient (Wildman–Crippen LogP) is 1.22. The van der Waals surface area contributed by atoms with E-state index in [1.54, 1.807) is 0 Å². The summed E-state index contributed by atoms with van der Waals surface area (Å²) in [4.78, 5) is 19.0. The molecule has 0 unspecified atom stereocenters. The lowest BCUT2D eigenvalue weighted by atomic mass is 10.3. The van der Waals surface area contributed by atoms with Crippen LogP contribution in [0.5, 0.6) is 0 Å². The fourth-order valence-corrected chi connectivity index (χ4v) is 0.931. The van der Waals surface area contributed by atoms with E-state index in [1.807, 2.05) is 0 Å². The number of aromatic nitrogens is 2. The lowest BCUT2D eigenvalue weighted by Crippen LogP contribution is -2.04. The average Bonchev–Trinajstić information content (AvgIpc) is 2.18. The molecule has 4 heteroatoms. The Labute approximate surface area is 77.0 Å². The van der Waals surface area contributed by atoms with Crippen LogP contribution in [0.2, 0.25) is 0 Å². The van der Waals surface area contributed by atoms with E-state index in [1.165, 1.54) is 19.5 Å². The second kappa shape index (κ2) is 4.54. The number of methoxy groups -OCH3 is 1. The van der Waals surface area contributed by atoms with Crippen LogP contribution in [0.15, 0.2) is 12.4 Å². The molecule has 0 aliphatic carbocycles. The number of ether oxygens (including phenoxy) is 1. The average molecular weight is 180 g/mol. The summed E-state index contributed by atoms with van der Waals surface area (Å²) < 4.78 is 4.52. The molecule has 0 aliphatic heterocycles. The highest BCUT2D eigenvalue weighted by molar-refractivity contribution is 5.88. The Bertz CT molecular complexity index is 282. The SMILES string of the molecule is CCCc1ncc(C(=O)OC)cn1. The van der Waals surface area contributed by atoms with Gasteiger partial charge in [0.25, 0.3) is 0 Å². The first-order valence-corrected chi connectivity index (χ1v) is 4.17. The fraction of sp³-hybridized carbons (Fsp3) is 0.444. The molecule has 0 aromatic carbocycles.